The van der Waals surface area contributed by atoms with Crippen LogP contribution in [0, 0.1) is 0 Å². The van der Waals surface area contributed by atoms with Crippen molar-refractivity contribution in [3.8, 4) is 0 Å². The molecule has 1 aliphatic rings. The van der Waals surface area contributed by atoms with Crippen molar-refractivity contribution >= 4 is 5.91 Å². The van der Waals surface area contributed by atoms with Gasteiger partial charge in [0.2, 0.25) is 0 Å². The zero-order valence-corrected chi connectivity index (χ0v) is 11.5. The average molecular weight is 264 g/mol. The van der Waals surface area contributed by atoms with Crippen LogP contribution in [0.5, 0.6) is 0 Å². The third-order valence-corrected chi connectivity index (χ3v) is 3.67. The quantitative estimate of drug-likeness (QED) is 0.750. The molecule has 0 aliphatic carbocycles. The van der Waals surface area contributed by atoms with Crippen LogP contribution in [-0.4, -0.2) is 60.0 Å². The number of hydrogen-bond acceptors (Lipinski definition) is 3. The number of piperazine rings is 1. The molecular formula is C14H24N4O. The molecule has 19 heavy (non-hydrogen) atoms. The van der Waals surface area contributed by atoms with E-state index in [0.717, 1.165) is 45.7 Å². The van der Waals surface area contributed by atoms with E-state index in [2.05, 4.69) is 9.88 Å². The van der Waals surface area contributed by atoms with E-state index < -0.39 is 0 Å². The SMILES string of the molecule is NCCCCCN1CCN(C(=O)c2ccc[nH]2)CC1. The zero-order chi connectivity index (χ0) is 13.5. The summed E-state index contributed by atoms with van der Waals surface area (Å²) in [4.78, 5) is 19.5. The Bertz CT molecular complexity index is 369. The minimum absolute atomic E-state index is 0.118. The second-order valence-corrected chi connectivity index (χ2v) is 5.07. The standard InChI is InChI=1S/C14H24N4O/c15-6-2-1-3-8-17-9-11-18(12-10-17)14(19)13-5-4-7-16-13/h4-5,7,16H,1-3,6,8-12,15H2. The van der Waals surface area contributed by atoms with Crippen molar-refractivity contribution in [1.82, 2.24) is 14.8 Å². The van der Waals surface area contributed by atoms with Crippen LogP contribution in [0.2, 0.25) is 0 Å². The first-order valence-corrected chi connectivity index (χ1v) is 7.16. The number of nitrogens with one attached hydrogen (secondary N) is 1. The van der Waals surface area contributed by atoms with Gasteiger partial charge in [-0.3, -0.25) is 9.69 Å². The summed E-state index contributed by atoms with van der Waals surface area (Å²) >= 11 is 0. The van der Waals surface area contributed by atoms with E-state index in [1.807, 2.05) is 17.0 Å². The number of hydrogen-bond donors (Lipinski definition) is 2. The van der Waals surface area contributed by atoms with Gasteiger partial charge in [0.15, 0.2) is 0 Å². The van der Waals surface area contributed by atoms with Gasteiger partial charge in [-0.2, -0.15) is 0 Å². The Morgan fingerprint density at radius 2 is 2.00 bits per heavy atom. The second kappa shape index (κ2) is 7.31. The number of aromatic nitrogens is 1. The summed E-state index contributed by atoms with van der Waals surface area (Å²) in [6, 6.07) is 3.70. The molecule has 0 unspecified atom stereocenters. The molecule has 1 aliphatic heterocycles. The van der Waals surface area contributed by atoms with Crippen molar-refractivity contribution in [2.24, 2.45) is 5.73 Å². The highest BCUT2D eigenvalue weighted by molar-refractivity contribution is 5.92. The van der Waals surface area contributed by atoms with Crippen LogP contribution < -0.4 is 5.73 Å². The number of nitrogens with zero attached hydrogens (tertiary/aromatic N) is 2. The smallest absolute Gasteiger partial charge is 0.270 e. The van der Waals surface area contributed by atoms with Crippen LogP contribution in [0.15, 0.2) is 18.3 Å². The fourth-order valence-electron chi connectivity index (χ4n) is 2.46. The molecule has 0 spiro atoms. The van der Waals surface area contributed by atoms with Gasteiger partial charge in [0, 0.05) is 32.4 Å². The van der Waals surface area contributed by atoms with Gasteiger partial charge >= 0.3 is 0 Å². The van der Waals surface area contributed by atoms with Crippen LogP contribution in [0.4, 0.5) is 0 Å². The van der Waals surface area contributed by atoms with Gasteiger partial charge in [0.05, 0.1) is 0 Å². The van der Waals surface area contributed by atoms with Crippen LogP contribution in [0.3, 0.4) is 0 Å². The predicted molar refractivity (Wildman–Crippen MR) is 76.0 cm³/mol. The highest BCUT2D eigenvalue weighted by Crippen LogP contribution is 2.08. The maximum Gasteiger partial charge on any atom is 0.270 e. The summed E-state index contributed by atoms with van der Waals surface area (Å²) in [5.41, 5.74) is 6.18. The van der Waals surface area contributed by atoms with E-state index in [1.54, 1.807) is 6.20 Å². The van der Waals surface area contributed by atoms with E-state index in [4.69, 9.17) is 5.73 Å². The molecule has 0 atom stereocenters. The second-order valence-electron chi connectivity index (χ2n) is 5.07. The first-order valence-electron chi connectivity index (χ1n) is 7.16. The van der Waals surface area contributed by atoms with Gasteiger partial charge in [-0.25, -0.2) is 0 Å². The van der Waals surface area contributed by atoms with Crippen molar-refractivity contribution < 1.29 is 4.79 Å². The van der Waals surface area contributed by atoms with E-state index in [0.29, 0.717) is 5.69 Å². The van der Waals surface area contributed by atoms with Gasteiger partial charge < -0.3 is 15.6 Å². The number of H-pyrrole nitrogens is 1. The molecule has 0 saturated carbocycles. The summed E-state index contributed by atoms with van der Waals surface area (Å²) in [6.45, 7) is 5.54. The number of carbonyl (C=O) groups is 1. The molecule has 106 valence electrons. The molecule has 0 bridgehead atoms. The number of unbranched alkanes of at least 4 members (excludes halogenated alkanes) is 2. The van der Waals surface area contributed by atoms with Crippen molar-refractivity contribution in [3.05, 3.63) is 24.0 Å². The van der Waals surface area contributed by atoms with Gasteiger partial charge in [0.25, 0.3) is 5.91 Å². The lowest BCUT2D eigenvalue weighted by molar-refractivity contribution is 0.0630. The predicted octanol–water partition coefficient (Wildman–Crippen LogP) is 0.901. The minimum atomic E-state index is 0.118. The molecule has 1 fully saturated rings. The first kappa shape index (κ1) is 14.1. The summed E-state index contributed by atoms with van der Waals surface area (Å²) in [7, 11) is 0. The van der Waals surface area contributed by atoms with E-state index in [1.165, 1.54) is 12.8 Å². The number of aromatic amines is 1. The monoisotopic (exact) mass is 264 g/mol. The summed E-state index contributed by atoms with van der Waals surface area (Å²) in [5.74, 6) is 0.118. The molecule has 0 radical (unpaired) electrons. The fourth-order valence-corrected chi connectivity index (χ4v) is 2.46. The summed E-state index contributed by atoms with van der Waals surface area (Å²) in [5, 5.41) is 0. The maximum atomic E-state index is 12.1. The van der Waals surface area contributed by atoms with E-state index in [9.17, 15) is 4.79 Å². The number of carbonyl (C=O) groups excluding carboxylic acids is 1. The van der Waals surface area contributed by atoms with Crippen molar-refractivity contribution in [2.75, 3.05) is 39.3 Å². The van der Waals surface area contributed by atoms with E-state index >= 15 is 0 Å². The minimum Gasteiger partial charge on any atom is -0.357 e. The first-order chi connectivity index (χ1) is 9.31. The Hall–Kier alpha value is -1.33. The molecule has 1 aromatic heterocycles. The molecule has 2 heterocycles. The molecule has 3 N–H and O–H groups in total. The van der Waals surface area contributed by atoms with E-state index in [-0.39, 0.29) is 5.91 Å². The fraction of sp³-hybridized carbons (Fsp3) is 0.643. The molecule has 5 heteroatoms. The van der Waals surface area contributed by atoms with Gasteiger partial charge in [-0.15, -0.1) is 0 Å². The largest absolute Gasteiger partial charge is 0.357 e. The third kappa shape index (κ3) is 4.08. The summed E-state index contributed by atoms with van der Waals surface area (Å²) < 4.78 is 0. The molecule has 2 rings (SSSR count). The number of amides is 1. The number of rotatable bonds is 6. The highest BCUT2D eigenvalue weighted by Gasteiger charge is 2.21. The molecular weight excluding hydrogens is 240 g/mol. The highest BCUT2D eigenvalue weighted by atomic mass is 16.2. The summed E-state index contributed by atoms with van der Waals surface area (Å²) in [6.07, 6.45) is 5.33. The van der Waals surface area contributed by atoms with Crippen LogP contribution in [-0.2, 0) is 0 Å². The lowest BCUT2D eigenvalue weighted by Gasteiger charge is -2.34. The topological polar surface area (TPSA) is 65.4 Å². The van der Waals surface area contributed by atoms with Crippen LogP contribution >= 0.6 is 0 Å². The van der Waals surface area contributed by atoms with Crippen molar-refractivity contribution in [2.45, 2.75) is 19.3 Å². The third-order valence-electron chi connectivity index (χ3n) is 3.67. The Morgan fingerprint density at radius 1 is 1.21 bits per heavy atom. The Balaban J connectivity index is 1.69. The molecule has 5 nitrogen and oxygen atoms in total. The Morgan fingerprint density at radius 3 is 2.63 bits per heavy atom. The van der Waals surface area contributed by atoms with Gasteiger partial charge in [-0.1, -0.05) is 6.42 Å². The average Bonchev–Trinajstić information content (AvgIpc) is 2.98. The lowest BCUT2D eigenvalue weighted by Crippen LogP contribution is -2.48. The van der Waals surface area contributed by atoms with Gasteiger partial charge in [-0.05, 0) is 38.1 Å². The molecule has 0 aromatic carbocycles. The Kier molecular flexibility index (Phi) is 5.42. The normalized spacial score (nSPS) is 16.8. The molecule has 1 saturated heterocycles. The van der Waals surface area contributed by atoms with Crippen LogP contribution in [0.1, 0.15) is 29.8 Å². The van der Waals surface area contributed by atoms with Crippen molar-refractivity contribution in [1.29, 1.82) is 0 Å². The van der Waals surface area contributed by atoms with Gasteiger partial charge in [0.1, 0.15) is 5.69 Å². The van der Waals surface area contributed by atoms with Crippen molar-refractivity contribution in [3.63, 3.8) is 0 Å². The molecule has 1 aromatic rings. The lowest BCUT2D eigenvalue weighted by atomic mass is 10.2. The Labute approximate surface area is 114 Å². The molecule has 1 amide bonds. The number of nitrogens with two attached hydrogens (primary N) is 1. The maximum absolute atomic E-state index is 12.1. The zero-order valence-electron chi connectivity index (χ0n) is 11.5. The van der Waals surface area contributed by atoms with Crippen LogP contribution in [0.25, 0.3) is 0 Å².